The summed E-state index contributed by atoms with van der Waals surface area (Å²) in [6.45, 7) is 1.95. The molecule has 9 nitrogen and oxygen atoms in total. The molecule has 0 unspecified atom stereocenters. The Morgan fingerprint density at radius 1 is 1.27 bits per heavy atom. The monoisotopic (exact) mass is 470 g/mol. The molecule has 0 saturated heterocycles. The predicted octanol–water partition coefficient (Wildman–Crippen LogP) is 4.20. The van der Waals surface area contributed by atoms with Crippen LogP contribution in [-0.2, 0) is 4.79 Å². The largest absolute Gasteiger partial charge is 0.490 e. The Balaban J connectivity index is 2.34. The number of nitrogens with one attached hydrogen (secondary N) is 1. The number of hydrogen-bond donors (Lipinski definition) is 1. The van der Waals surface area contributed by atoms with Gasteiger partial charge in [0.2, 0.25) is 0 Å². The van der Waals surface area contributed by atoms with Crippen molar-refractivity contribution in [2.75, 3.05) is 18.5 Å². The topological polar surface area (TPSA) is 138 Å². The van der Waals surface area contributed by atoms with Gasteiger partial charge in [0, 0.05) is 22.3 Å². The van der Waals surface area contributed by atoms with Crippen LogP contribution in [0, 0.1) is 32.8 Å². The summed E-state index contributed by atoms with van der Waals surface area (Å²) in [5.41, 5.74) is 0.237. The smallest absolute Gasteiger partial charge is 0.271 e. The number of non-ortho nitro benzene ring substituents is 1. The van der Waals surface area contributed by atoms with E-state index in [1.807, 2.05) is 12.1 Å². The highest BCUT2D eigenvalue weighted by molar-refractivity contribution is 9.10. The molecule has 0 spiro atoms. The van der Waals surface area contributed by atoms with E-state index in [2.05, 4.69) is 21.2 Å². The lowest BCUT2D eigenvalue weighted by molar-refractivity contribution is -0.384. The lowest BCUT2D eigenvalue weighted by Crippen LogP contribution is -2.13. The van der Waals surface area contributed by atoms with Gasteiger partial charge < -0.3 is 14.8 Å². The zero-order chi connectivity index (χ0) is 22.1. The van der Waals surface area contributed by atoms with Crippen LogP contribution in [0.4, 0.5) is 11.4 Å². The predicted molar refractivity (Wildman–Crippen MR) is 112 cm³/mol. The number of nitro benzene ring substituents is 1. The Morgan fingerprint density at radius 2 is 2.00 bits per heavy atom. The summed E-state index contributed by atoms with van der Waals surface area (Å²) in [6, 6.07) is 12.2. The van der Waals surface area contributed by atoms with Gasteiger partial charge in [-0.25, -0.2) is 0 Å². The number of carbonyl (C=O) groups is 1. The van der Waals surface area contributed by atoms with Crippen LogP contribution in [0.5, 0.6) is 11.5 Å². The number of hydrogen-bond acceptors (Lipinski definition) is 7. The van der Waals surface area contributed by atoms with E-state index in [9.17, 15) is 20.2 Å². The maximum Gasteiger partial charge on any atom is 0.271 e. The first-order valence-electron chi connectivity index (χ1n) is 8.53. The van der Waals surface area contributed by atoms with Crippen molar-refractivity contribution >= 4 is 39.3 Å². The molecule has 2 aromatic rings. The second-order valence-corrected chi connectivity index (χ2v) is 6.49. The molecule has 30 heavy (non-hydrogen) atoms. The van der Waals surface area contributed by atoms with E-state index in [4.69, 9.17) is 14.7 Å². The minimum atomic E-state index is -0.729. The van der Waals surface area contributed by atoms with Gasteiger partial charge in [-0.15, -0.1) is 0 Å². The summed E-state index contributed by atoms with van der Waals surface area (Å²) < 4.78 is 11.3. The van der Waals surface area contributed by atoms with E-state index in [0.717, 1.165) is 0 Å². The molecule has 1 N–H and O–H groups in total. The molecular weight excluding hydrogens is 456 g/mol. The average molecular weight is 471 g/mol. The van der Waals surface area contributed by atoms with Crippen LogP contribution in [0.2, 0.25) is 0 Å². The van der Waals surface area contributed by atoms with Crippen molar-refractivity contribution in [1.29, 1.82) is 10.5 Å². The molecular formula is C20H15BrN4O5. The van der Waals surface area contributed by atoms with Crippen LogP contribution >= 0.6 is 15.9 Å². The first-order chi connectivity index (χ1) is 14.4. The third-order valence-corrected chi connectivity index (χ3v) is 4.32. The zero-order valence-electron chi connectivity index (χ0n) is 15.7. The number of nitrogens with zero attached hydrogens (tertiary/aromatic N) is 3. The van der Waals surface area contributed by atoms with Crippen molar-refractivity contribution in [3.05, 3.63) is 62.1 Å². The van der Waals surface area contributed by atoms with E-state index < -0.39 is 10.8 Å². The Kier molecular flexibility index (Phi) is 7.91. The zero-order valence-corrected chi connectivity index (χ0v) is 17.3. The van der Waals surface area contributed by atoms with Gasteiger partial charge in [0.1, 0.15) is 17.7 Å². The molecule has 0 aromatic heterocycles. The lowest BCUT2D eigenvalue weighted by Gasteiger charge is -2.12. The number of anilines is 1. The molecule has 0 aliphatic carbocycles. The normalized spacial score (nSPS) is 10.5. The number of nitriles is 2. The molecule has 10 heteroatoms. The SMILES string of the molecule is CCOc1cc(/C=C(\C#N)C(=O)Nc2cccc([N+](=O)[O-])c2)c(Br)cc1OCC#N. The van der Waals surface area contributed by atoms with E-state index in [-0.39, 0.29) is 23.6 Å². The van der Waals surface area contributed by atoms with Crippen LogP contribution in [-0.4, -0.2) is 24.0 Å². The minimum absolute atomic E-state index is 0.170. The summed E-state index contributed by atoms with van der Waals surface area (Å²) in [5, 5.41) is 31.5. The van der Waals surface area contributed by atoms with Crippen molar-refractivity contribution in [2.45, 2.75) is 6.92 Å². The summed E-state index contributed by atoms with van der Waals surface area (Å²) in [5.74, 6) is -0.0479. The molecule has 0 saturated carbocycles. The van der Waals surface area contributed by atoms with Gasteiger partial charge in [0.05, 0.1) is 11.5 Å². The molecule has 2 rings (SSSR count). The Labute approximate surface area is 180 Å². The molecule has 0 fully saturated rings. The molecule has 0 bridgehead atoms. The minimum Gasteiger partial charge on any atom is -0.490 e. The van der Waals surface area contributed by atoms with Gasteiger partial charge in [-0.1, -0.05) is 22.0 Å². The number of nitro groups is 1. The summed E-state index contributed by atoms with van der Waals surface area (Å²) in [7, 11) is 0. The number of rotatable bonds is 8. The third kappa shape index (κ3) is 5.80. The first kappa shape index (κ1) is 22.4. The highest BCUT2D eigenvalue weighted by Crippen LogP contribution is 2.35. The van der Waals surface area contributed by atoms with Crippen molar-refractivity contribution in [2.24, 2.45) is 0 Å². The molecule has 0 radical (unpaired) electrons. The number of halogens is 1. The quantitative estimate of drug-likeness (QED) is 0.263. The highest BCUT2D eigenvalue weighted by Gasteiger charge is 2.15. The molecule has 0 heterocycles. The van der Waals surface area contributed by atoms with Gasteiger partial charge in [-0.2, -0.15) is 10.5 Å². The fourth-order valence-electron chi connectivity index (χ4n) is 2.35. The molecule has 152 valence electrons. The Hall–Kier alpha value is -3.89. The van der Waals surface area contributed by atoms with Gasteiger partial charge in [-0.3, -0.25) is 14.9 Å². The van der Waals surface area contributed by atoms with E-state index in [1.54, 1.807) is 19.1 Å². The van der Waals surface area contributed by atoms with Crippen LogP contribution in [0.25, 0.3) is 6.08 Å². The van der Waals surface area contributed by atoms with Crippen molar-refractivity contribution < 1.29 is 19.2 Å². The average Bonchev–Trinajstić information content (AvgIpc) is 2.72. The van der Waals surface area contributed by atoms with E-state index >= 15 is 0 Å². The van der Waals surface area contributed by atoms with Crippen LogP contribution in [0.15, 0.2) is 46.4 Å². The second-order valence-electron chi connectivity index (χ2n) is 5.63. The number of carbonyl (C=O) groups excluding carboxylic acids is 1. The summed E-state index contributed by atoms with van der Waals surface area (Å²) in [4.78, 5) is 22.8. The van der Waals surface area contributed by atoms with Gasteiger partial charge in [0.25, 0.3) is 11.6 Å². The standard InChI is InChI=1S/C20H15BrN4O5/c1-2-29-18-9-13(17(21)11-19(18)30-7-6-22)8-14(12-23)20(26)24-15-4-3-5-16(10-15)25(27)28/h3-5,8-11H,2,7H2,1H3,(H,24,26)/b14-8+. The van der Waals surface area contributed by atoms with Crippen molar-refractivity contribution in [1.82, 2.24) is 0 Å². The molecule has 0 aliphatic rings. The van der Waals surface area contributed by atoms with Crippen LogP contribution in [0.3, 0.4) is 0 Å². The Bertz CT molecular complexity index is 1090. The molecule has 0 atom stereocenters. The summed E-state index contributed by atoms with van der Waals surface area (Å²) >= 11 is 3.34. The number of ether oxygens (including phenoxy) is 2. The molecule has 2 aromatic carbocycles. The lowest BCUT2D eigenvalue weighted by atomic mass is 10.1. The molecule has 0 aliphatic heterocycles. The van der Waals surface area contributed by atoms with Crippen molar-refractivity contribution in [3.8, 4) is 23.6 Å². The van der Waals surface area contributed by atoms with Crippen LogP contribution in [0.1, 0.15) is 12.5 Å². The maximum absolute atomic E-state index is 12.5. The highest BCUT2D eigenvalue weighted by atomic mass is 79.9. The van der Waals surface area contributed by atoms with Crippen LogP contribution < -0.4 is 14.8 Å². The number of benzene rings is 2. The summed E-state index contributed by atoms with van der Waals surface area (Å²) in [6.07, 6.45) is 1.34. The van der Waals surface area contributed by atoms with E-state index in [1.165, 1.54) is 30.3 Å². The second kappa shape index (κ2) is 10.6. The maximum atomic E-state index is 12.5. The molecule has 1 amide bonds. The van der Waals surface area contributed by atoms with Crippen molar-refractivity contribution in [3.63, 3.8) is 0 Å². The van der Waals surface area contributed by atoms with Gasteiger partial charge >= 0.3 is 0 Å². The third-order valence-electron chi connectivity index (χ3n) is 3.63. The fourth-order valence-corrected chi connectivity index (χ4v) is 2.79. The fraction of sp³-hybridized carbons (Fsp3) is 0.150. The van der Waals surface area contributed by atoms with Gasteiger partial charge in [0.15, 0.2) is 18.1 Å². The first-order valence-corrected chi connectivity index (χ1v) is 9.32. The van der Waals surface area contributed by atoms with Gasteiger partial charge in [-0.05, 0) is 36.8 Å². The number of amides is 1. The van der Waals surface area contributed by atoms with E-state index in [0.29, 0.717) is 28.1 Å². The Morgan fingerprint density at radius 3 is 2.63 bits per heavy atom.